The predicted octanol–water partition coefficient (Wildman–Crippen LogP) is 12.0. The first-order valence-electron chi connectivity index (χ1n) is 23.6. The minimum Gasteiger partial charge on any atom is -0.493 e. The summed E-state index contributed by atoms with van der Waals surface area (Å²) < 4.78 is 22.2. The van der Waals surface area contributed by atoms with Crippen molar-refractivity contribution in [2.45, 2.75) is 193 Å². The van der Waals surface area contributed by atoms with Crippen molar-refractivity contribution in [1.29, 1.82) is 0 Å². The van der Waals surface area contributed by atoms with Crippen LogP contribution in [0.25, 0.3) is 6.08 Å². The summed E-state index contributed by atoms with van der Waals surface area (Å²) in [7, 11) is 6.97. The van der Waals surface area contributed by atoms with Crippen LogP contribution in [-0.2, 0) is 14.3 Å². The van der Waals surface area contributed by atoms with Gasteiger partial charge in [-0.25, -0.2) is 4.79 Å². The molecule has 0 radical (unpaired) electrons. The van der Waals surface area contributed by atoms with Crippen molar-refractivity contribution in [3.05, 3.63) is 23.8 Å². The highest BCUT2D eigenvalue weighted by Crippen LogP contribution is 2.39. The van der Waals surface area contributed by atoms with Crippen molar-refractivity contribution in [3.63, 3.8) is 0 Å². The SMILES string of the molecule is CCCCCCCCCCCCCCN(CCCCC(=O)Oc1c(OC)cc(/C=C/C(=O)OCCCN(C)C)cc1OC)CC(O)CCCCCCCCCCCC. The molecule has 58 heavy (non-hydrogen) atoms. The lowest BCUT2D eigenvalue weighted by atomic mass is 10.0. The standard InChI is InChI=1S/C49H88N2O7/c1-7-9-11-13-15-17-19-20-22-24-26-29-37-51(42-44(52)32-27-25-23-21-18-16-14-12-10-8-2)38-30-28-33-48(54)58-49-45(55-5)40-43(41-46(49)56-6)34-35-47(53)57-39-31-36-50(3)4/h34-35,40-41,44,52H,7-33,36-39,42H2,1-6H3/b35-34+. The second-order valence-corrected chi connectivity index (χ2v) is 16.7. The van der Waals surface area contributed by atoms with E-state index >= 15 is 0 Å². The summed E-state index contributed by atoms with van der Waals surface area (Å²) in [5, 5.41) is 11.0. The van der Waals surface area contributed by atoms with Gasteiger partial charge in [-0.1, -0.05) is 149 Å². The number of methoxy groups -OCH3 is 2. The third kappa shape index (κ3) is 29.6. The number of benzene rings is 1. The van der Waals surface area contributed by atoms with Crippen LogP contribution in [0.1, 0.15) is 193 Å². The molecule has 1 unspecified atom stereocenters. The van der Waals surface area contributed by atoms with E-state index in [0.29, 0.717) is 36.6 Å². The molecule has 1 N–H and O–H groups in total. The number of esters is 2. The quantitative estimate of drug-likeness (QED) is 0.0300. The minimum absolute atomic E-state index is 0.224. The monoisotopic (exact) mass is 817 g/mol. The van der Waals surface area contributed by atoms with Crippen LogP contribution in [0.5, 0.6) is 17.2 Å². The van der Waals surface area contributed by atoms with Crippen molar-refractivity contribution in [2.75, 3.05) is 61.1 Å². The molecule has 336 valence electrons. The molecule has 0 aromatic heterocycles. The maximum absolute atomic E-state index is 13.0. The van der Waals surface area contributed by atoms with Crippen molar-refractivity contribution in [1.82, 2.24) is 9.80 Å². The number of carbonyl (C=O) groups is 2. The fourth-order valence-electron chi connectivity index (χ4n) is 7.36. The molecule has 0 amide bonds. The third-order valence-electron chi connectivity index (χ3n) is 10.9. The molecule has 0 heterocycles. The van der Waals surface area contributed by atoms with Crippen LogP contribution < -0.4 is 14.2 Å². The number of hydrogen-bond acceptors (Lipinski definition) is 9. The number of ether oxygens (including phenoxy) is 4. The van der Waals surface area contributed by atoms with E-state index in [-0.39, 0.29) is 24.2 Å². The Labute approximate surface area is 356 Å². The lowest BCUT2D eigenvalue weighted by molar-refractivity contribution is -0.138. The highest BCUT2D eigenvalue weighted by Gasteiger charge is 2.18. The van der Waals surface area contributed by atoms with Gasteiger partial charge in [-0.2, -0.15) is 0 Å². The van der Waals surface area contributed by atoms with Gasteiger partial charge in [-0.05, 0) is 83.1 Å². The average Bonchev–Trinajstić information content (AvgIpc) is 3.21. The second-order valence-electron chi connectivity index (χ2n) is 16.7. The summed E-state index contributed by atoms with van der Waals surface area (Å²) in [6.45, 7) is 8.27. The van der Waals surface area contributed by atoms with Gasteiger partial charge in [0.05, 0.1) is 26.9 Å². The van der Waals surface area contributed by atoms with Crippen molar-refractivity contribution < 1.29 is 33.6 Å². The molecule has 9 heteroatoms. The Hall–Kier alpha value is -2.62. The predicted molar refractivity (Wildman–Crippen MR) is 242 cm³/mol. The van der Waals surface area contributed by atoms with E-state index in [1.165, 1.54) is 149 Å². The Morgan fingerprint density at radius 3 is 1.59 bits per heavy atom. The van der Waals surface area contributed by atoms with Crippen molar-refractivity contribution in [2.24, 2.45) is 0 Å². The number of carbonyl (C=O) groups excluding carboxylic acids is 2. The van der Waals surface area contributed by atoms with Gasteiger partial charge in [-0.3, -0.25) is 4.79 Å². The maximum atomic E-state index is 13.0. The first kappa shape index (κ1) is 53.4. The summed E-state index contributed by atoms with van der Waals surface area (Å²) in [6.07, 6.45) is 35.0. The lowest BCUT2D eigenvalue weighted by Crippen LogP contribution is -2.34. The Kier molecular flexibility index (Phi) is 34.4. The van der Waals surface area contributed by atoms with Gasteiger partial charge in [0.15, 0.2) is 11.5 Å². The van der Waals surface area contributed by atoms with E-state index in [1.807, 2.05) is 19.0 Å². The molecule has 0 spiro atoms. The molecule has 0 aliphatic rings. The van der Waals surface area contributed by atoms with E-state index in [4.69, 9.17) is 18.9 Å². The molecule has 1 aromatic carbocycles. The molecule has 1 aromatic rings. The molecular weight excluding hydrogens is 729 g/mol. The smallest absolute Gasteiger partial charge is 0.330 e. The zero-order chi connectivity index (χ0) is 42.5. The zero-order valence-corrected chi connectivity index (χ0v) is 38.3. The van der Waals surface area contributed by atoms with E-state index < -0.39 is 5.97 Å². The summed E-state index contributed by atoms with van der Waals surface area (Å²) in [4.78, 5) is 29.7. The van der Waals surface area contributed by atoms with Crippen LogP contribution in [0, 0.1) is 0 Å². The van der Waals surface area contributed by atoms with Gasteiger partial charge >= 0.3 is 11.9 Å². The Morgan fingerprint density at radius 2 is 1.10 bits per heavy atom. The normalized spacial score (nSPS) is 12.2. The number of aliphatic hydroxyl groups excluding tert-OH is 1. The highest BCUT2D eigenvalue weighted by atomic mass is 16.6. The number of nitrogens with zero attached hydrogens (tertiary/aromatic N) is 2. The molecule has 0 bridgehead atoms. The van der Waals surface area contributed by atoms with Crippen LogP contribution in [0.3, 0.4) is 0 Å². The number of unbranched alkanes of at least 4 members (excludes halogenated alkanes) is 21. The number of hydrogen-bond donors (Lipinski definition) is 1. The molecule has 0 saturated carbocycles. The summed E-state index contributed by atoms with van der Waals surface area (Å²) in [5.74, 6) is 0.133. The summed E-state index contributed by atoms with van der Waals surface area (Å²) in [5.41, 5.74) is 0.655. The van der Waals surface area contributed by atoms with Gasteiger partial charge in [0.25, 0.3) is 0 Å². The van der Waals surface area contributed by atoms with E-state index in [9.17, 15) is 14.7 Å². The number of aliphatic hydroxyl groups is 1. The molecular formula is C49H88N2O7. The molecule has 9 nitrogen and oxygen atoms in total. The highest BCUT2D eigenvalue weighted by molar-refractivity contribution is 5.87. The van der Waals surface area contributed by atoms with Gasteiger partial charge in [0.2, 0.25) is 5.75 Å². The van der Waals surface area contributed by atoms with Gasteiger partial charge < -0.3 is 33.9 Å². The van der Waals surface area contributed by atoms with E-state index in [2.05, 4.69) is 18.7 Å². The van der Waals surface area contributed by atoms with Gasteiger partial charge in [-0.15, -0.1) is 0 Å². The van der Waals surface area contributed by atoms with Crippen LogP contribution in [0.2, 0.25) is 0 Å². The molecule has 0 aliphatic carbocycles. The van der Waals surface area contributed by atoms with Crippen LogP contribution in [0.15, 0.2) is 18.2 Å². The van der Waals surface area contributed by atoms with Crippen molar-refractivity contribution >= 4 is 18.0 Å². The maximum Gasteiger partial charge on any atom is 0.330 e. The van der Waals surface area contributed by atoms with Crippen LogP contribution in [-0.4, -0.2) is 94.0 Å². The summed E-state index contributed by atoms with van der Waals surface area (Å²) >= 11 is 0. The van der Waals surface area contributed by atoms with E-state index in [1.54, 1.807) is 18.2 Å². The van der Waals surface area contributed by atoms with Crippen LogP contribution in [0.4, 0.5) is 0 Å². The minimum atomic E-state index is -0.427. The molecule has 0 fully saturated rings. The number of rotatable bonds is 40. The van der Waals surface area contributed by atoms with E-state index in [0.717, 1.165) is 51.7 Å². The second kappa shape index (κ2) is 37.4. The average molecular weight is 817 g/mol. The Bertz CT molecular complexity index is 1150. The zero-order valence-electron chi connectivity index (χ0n) is 38.3. The largest absolute Gasteiger partial charge is 0.493 e. The fraction of sp³-hybridized carbons (Fsp3) is 0.796. The lowest BCUT2D eigenvalue weighted by Gasteiger charge is -2.25. The summed E-state index contributed by atoms with van der Waals surface area (Å²) in [6, 6.07) is 3.41. The topological polar surface area (TPSA) is 97.8 Å². The van der Waals surface area contributed by atoms with Crippen LogP contribution >= 0.6 is 0 Å². The molecule has 0 saturated heterocycles. The fourth-order valence-corrected chi connectivity index (χ4v) is 7.36. The third-order valence-corrected chi connectivity index (χ3v) is 10.9. The van der Waals surface area contributed by atoms with Gasteiger partial charge in [0, 0.05) is 25.6 Å². The molecule has 1 rings (SSSR count). The molecule has 0 aliphatic heterocycles. The Balaban J connectivity index is 2.60. The van der Waals surface area contributed by atoms with Gasteiger partial charge in [0.1, 0.15) is 0 Å². The Morgan fingerprint density at radius 1 is 0.638 bits per heavy atom. The van der Waals surface area contributed by atoms with Crippen molar-refractivity contribution in [3.8, 4) is 17.2 Å². The molecule has 1 atom stereocenters. The first-order valence-corrected chi connectivity index (χ1v) is 23.6. The first-order chi connectivity index (χ1) is 28.2.